The van der Waals surface area contributed by atoms with Gasteiger partial charge in [-0.2, -0.15) is 13.2 Å². The molecule has 0 saturated carbocycles. The van der Waals surface area contributed by atoms with Gasteiger partial charge >= 0.3 is 25.0 Å². The van der Waals surface area contributed by atoms with Gasteiger partial charge in [-0.15, -0.1) is 0 Å². The number of hydrogen-bond acceptors (Lipinski definition) is 4. The van der Waals surface area contributed by atoms with Gasteiger partial charge in [0, 0.05) is 19.5 Å². The first-order chi connectivity index (χ1) is 12.3. The topological polar surface area (TPSA) is 52.6 Å². The monoisotopic (exact) mass is 373 g/mol. The average molecular weight is 373 g/mol. The molecule has 140 valence electrons. The van der Waals surface area contributed by atoms with Gasteiger partial charge in [-0.05, 0) is 30.8 Å². The minimum Gasteiger partial charge on any atom is -0.549 e. The Balaban J connectivity index is 0.00000364. The fourth-order valence-corrected chi connectivity index (χ4v) is 2.51. The third kappa shape index (κ3) is 7.67. The van der Waals surface area contributed by atoms with Crippen molar-refractivity contribution in [3.05, 3.63) is 65.7 Å². The summed E-state index contributed by atoms with van der Waals surface area (Å²) in [7, 11) is 1.63. The molecule has 0 radical (unpaired) electrons. The summed E-state index contributed by atoms with van der Waals surface area (Å²) in [5, 5.41) is 10.7. The molecule has 0 N–H and O–H groups in total. The summed E-state index contributed by atoms with van der Waals surface area (Å²) in [6, 6.07) is 13.8. The predicted octanol–water partition coefficient (Wildman–Crippen LogP) is -0.0987. The van der Waals surface area contributed by atoms with E-state index in [-0.39, 0.29) is 31.2 Å². The first-order valence-electron chi connectivity index (χ1n) is 8.03. The van der Waals surface area contributed by atoms with Crippen molar-refractivity contribution >= 4 is 5.97 Å². The van der Waals surface area contributed by atoms with Crippen LogP contribution in [0.5, 0.6) is 5.75 Å². The number of carbonyl (C=O) groups excluding carboxylic acids is 1. The van der Waals surface area contributed by atoms with Crippen molar-refractivity contribution < 1.29 is 46.7 Å². The zero-order valence-electron chi connectivity index (χ0n) is 15.2. The third-order valence-electron chi connectivity index (χ3n) is 3.78. The van der Waals surface area contributed by atoms with Crippen LogP contribution in [0.1, 0.15) is 23.7 Å². The van der Waals surface area contributed by atoms with Gasteiger partial charge in [-0.1, -0.05) is 36.4 Å². The number of carboxylic acids is 1. The van der Waals surface area contributed by atoms with Gasteiger partial charge < -0.3 is 19.5 Å². The van der Waals surface area contributed by atoms with Crippen LogP contribution in [-0.4, -0.2) is 31.0 Å². The van der Waals surface area contributed by atoms with E-state index in [1.807, 2.05) is 30.3 Å². The number of hydrogen-bond donors (Lipinski definition) is 0. The molecule has 0 aromatic heterocycles. The van der Waals surface area contributed by atoms with Crippen LogP contribution in [0.3, 0.4) is 0 Å². The summed E-state index contributed by atoms with van der Waals surface area (Å²) in [6.07, 6.45) is -4.55. The van der Waals surface area contributed by atoms with Crippen molar-refractivity contribution in [2.75, 3.05) is 20.1 Å². The average Bonchev–Trinajstić information content (AvgIpc) is 2.58. The summed E-state index contributed by atoms with van der Waals surface area (Å²) in [5.41, 5.74) is 0.0163. The van der Waals surface area contributed by atoms with Crippen LogP contribution in [0.15, 0.2) is 54.6 Å². The zero-order chi connectivity index (χ0) is 19.2. The normalized spacial score (nSPS) is 12.3. The quantitative estimate of drug-likeness (QED) is 0.607. The van der Waals surface area contributed by atoms with Crippen LogP contribution in [0.4, 0.5) is 13.2 Å². The fraction of sp³-hybridized carbons (Fsp3) is 0.316. The maximum absolute atomic E-state index is 12.9. The fourth-order valence-electron chi connectivity index (χ4n) is 2.51. The van der Waals surface area contributed by atoms with E-state index in [1.165, 1.54) is 12.1 Å². The Hall–Kier alpha value is -1.94. The van der Waals surface area contributed by atoms with E-state index in [0.717, 1.165) is 17.7 Å². The van der Waals surface area contributed by atoms with Crippen molar-refractivity contribution in [2.45, 2.75) is 18.7 Å². The van der Waals surface area contributed by atoms with Gasteiger partial charge in [0.25, 0.3) is 0 Å². The molecule has 1 atom stereocenters. The molecule has 0 unspecified atom stereocenters. The standard InChI is InChI=1S/C19H20F3NO3.Li/c1-23(13-18(24)25)11-10-17(14-6-3-2-4-7-14)26-16-9-5-8-15(12-16)19(20,21)22;/h2-9,12,17H,10-11,13H2,1H3,(H,24,25);/q;+1/p-1/t17-;/m1./s1. The minimum atomic E-state index is -4.45. The van der Waals surface area contributed by atoms with Crippen molar-refractivity contribution in [3.63, 3.8) is 0 Å². The van der Waals surface area contributed by atoms with E-state index in [0.29, 0.717) is 13.0 Å². The van der Waals surface area contributed by atoms with Crippen LogP contribution in [0.2, 0.25) is 0 Å². The molecule has 8 heteroatoms. The second-order valence-electron chi connectivity index (χ2n) is 5.94. The Morgan fingerprint density at radius 2 is 1.81 bits per heavy atom. The number of likely N-dealkylation sites (N-methyl/N-ethyl adjacent to an activating group) is 1. The molecule has 2 rings (SSSR count). The molecule has 0 heterocycles. The molecule has 27 heavy (non-hydrogen) atoms. The summed E-state index contributed by atoms with van der Waals surface area (Å²) in [5.74, 6) is -1.08. The van der Waals surface area contributed by atoms with Crippen LogP contribution in [-0.2, 0) is 11.0 Å². The molecule has 0 aliphatic carbocycles. The third-order valence-corrected chi connectivity index (χ3v) is 3.78. The molecule has 0 spiro atoms. The van der Waals surface area contributed by atoms with Crippen molar-refractivity contribution in [1.82, 2.24) is 4.90 Å². The van der Waals surface area contributed by atoms with Crippen LogP contribution in [0, 0.1) is 0 Å². The first-order valence-corrected chi connectivity index (χ1v) is 8.03. The van der Waals surface area contributed by atoms with E-state index in [2.05, 4.69) is 0 Å². The number of benzene rings is 2. The number of carboxylic acid groups (broad SMARTS) is 1. The van der Waals surface area contributed by atoms with Crippen LogP contribution >= 0.6 is 0 Å². The Bertz CT molecular complexity index is 726. The number of alkyl halides is 3. The van der Waals surface area contributed by atoms with Gasteiger partial charge in [-0.3, -0.25) is 0 Å². The summed E-state index contributed by atoms with van der Waals surface area (Å²) in [6.45, 7) is 0.150. The first kappa shape index (κ1) is 23.1. The number of halogens is 3. The minimum absolute atomic E-state index is 0. The van der Waals surface area contributed by atoms with E-state index in [1.54, 1.807) is 11.9 Å². The molecule has 0 fully saturated rings. The smallest absolute Gasteiger partial charge is 0.549 e. The number of ether oxygens (including phenoxy) is 1. The number of aliphatic carboxylic acids is 1. The van der Waals surface area contributed by atoms with Crippen LogP contribution in [0.25, 0.3) is 0 Å². The van der Waals surface area contributed by atoms with E-state index >= 15 is 0 Å². The van der Waals surface area contributed by atoms with Crippen LogP contribution < -0.4 is 28.7 Å². The van der Waals surface area contributed by atoms with E-state index in [4.69, 9.17) is 4.74 Å². The summed E-state index contributed by atoms with van der Waals surface area (Å²) >= 11 is 0. The maximum atomic E-state index is 12.9. The largest absolute Gasteiger partial charge is 1.00 e. The molecule has 0 saturated heterocycles. The molecule has 0 amide bonds. The van der Waals surface area contributed by atoms with E-state index < -0.39 is 23.8 Å². The van der Waals surface area contributed by atoms with Crippen molar-refractivity contribution in [1.29, 1.82) is 0 Å². The Labute approximate surface area is 168 Å². The summed E-state index contributed by atoms with van der Waals surface area (Å²) < 4.78 is 44.4. The van der Waals surface area contributed by atoms with Crippen molar-refractivity contribution in [2.24, 2.45) is 0 Å². The van der Waals surface area contributed by atoms with Gasteiger partial charge in [0.1, 0.15) is 11.9 Å². The van der Waals surface area contributed by atoms with E-state index in [9.17, 15) is 23.1 Å². The maximum Gasteiger partial charge on any atom is 1.00 e. The predicted molar refractivity (Wildman–Crippen MR) is 88.4 cm³/mol. The Kier molecular flexibility index (Phi) is 8.90. The van der Waals surface area contributed by atoms with Gasteiger partial charge in [0.05, 0.1) is 11.5 Å². The Morgan fingerprint density at radius 3 is 2.41 bits per heavy atom. The van der Waals surface area contributed by atoms with Gasteiger partial charge in [0.2, 0.25) is 0 Å². The number of rotatable bonds is 8. The SMILES string of the molecule is CN(CC[C@@H](Oc1cccc(C(F)(F)F)c1)c1ccccc1)CC(=O)[O-].[Li+]. The molecule has 0 aliphatic rings. The molecule has 0 aliphatic heterocycles. The molecule has 2 aromatic carbocycles. The molecule has 0 bridgehead atoms. The van der Waals surface area contributed by atoms with Crippen molar-refractivity contribution in [3.8, 4) is 5.75 Å². The number of nitrogens with zero attached hydrogens (tertiary/aromatic N) is 1. The van der Waals surface area contributed by atoms with Gasteiger partial charge in [0.15, 0.2) is 0 Å². The summed E-state index contributed by atoms with van der Waals surface area (Å²) in [4.78, 5) is 12.2. The Morgan fingerprint density at radius 1 is 1.15 bits per heavy atom. The molecular formula is C19H19F3LiNO3. The second kappa shape index (κ2) is 10.4. The molecular weight excluding hydrogens is 354 g/mol. The van der Waals surface area contributed by atoms with Gasteiger partial charge in [-0.25, -0.2) is 0 Å². The number of carbonyl (C=O) groups is 1. The molecule has 4 nitrogen and oxygen atoms in total. The molecule has 2 aromatic rings. The second-order valence-corrected chi connectivity index (χ2v) is 5.94. The zero-order valence-corrected chi connectivity index (χ0v) is 15.2.